The Balaban J connectivity index is 1.80. The van der Waals surface area contributed by atoms with Crippen molar-refractivity contribution in [3.63, 3.8) is 0 Å². The van der Waals surface area contributed by atoms with Gasteiger partial charge in [0.25, 0.3) is 0 Å². The molecule has 1 fully saturated rings. The lowest BCUT2D eigenvalue weighted by molar-refractivity contribution is -0.133. The van der Waals surface area contributed by atoms with Gasteiger partial charge in [0.1, 0.15) is 12.4 Å². The van der Waals surface area contributed by atoms with E-state index in [4.69, 9.17) is 4.74 Å². The molecule has 122 valence electrons. The highest BCUT2D eigenvalue weighted by Gasteiger charge is 2.26. The number of sulfonamides is 1. The van der Waals surface area contributed by atoms with Crippen molar-refractivity contribution in [3.05, 3.63) is 18.6 Å². The van der Waals surface area contributed by atoms with E-state index in [1.165, 1.54) is 13.4 Å². The van der Waals surface area contributed by atoms with E-state index in [1.807, 2.05) is 0 Å². The zero-order valence-electron chi connectivity index (χ0n) is 12.7. The van der Waals surface area contributed by atoms with Gasteiger partial charge < -0.3 is 9.64 Å². The van der Waals surface area contributed by atoms with Gasteiger partial charge in [0.05, 0.1) is 12.8 Å². The molecule has 0 bridgehead atoms. The zero-order chi connectivity index (χ0) is 16.2. The topological polar surface area (TPSA) is 92.7 Å². The molecule has 8 nitrogen and oxygen atoms in total. The molecule has 0 unspecified atom stereocenters. The van der Waals surface area contributed by atoms with Gasteiger partial charge in [0, 0.05) is 45.2 Å². The molecular weight excluding hydrogens is 308 g/mol. The van der Waals surface area contributed by atoms with Gasteiger partial charge in [-0.3, -0.25) is 4.79 Å². The van der Waals surface area contributed by atoms with Gasteiger partial charge in [0.15, 0.2) is 0 Å². The van der Waals surface area contributed by atoms with Crippen LogP contribution < -0.4 is 4.74 Å². The number of aromatic nitrogens is 2. The Morgan fingerprint density at radius 1 is 1.45 bits per heavy atom. The molecule has 1 amide bonds. The van der Waals surface area contributed by atoms with Crippen molar-refractivity contribution in [2.24, 2.45) is 0 Å². The first-order valence-corrected chi connectivity index (χ1v) is 8.83. The van der Waals surface area contributed by atoms with E-state index in [2.05, 4.69) is 9.97 Å². The van der Waals surface area contributed by atoms with Gasteiger partial charge in [-0.1, -0.05) is 0 Å². The summed E-state index contributed by atoms with van der Waals surface area (Å²) in [5.41, 5.74) is 0. The van der Waals surface area contributed by atoms with Crippen LogP contribution in [-0.2, 0) is 14.8 Å². The first-order chi connectivity index (χ1) is 10.4. The number of amides is 1. The number of nitrogens with zero attached hydrogens (tertiary/aromatic N) is 4. The van der Waals surface area contributed by atoms with Crippen molar-refractivity contribution in [1.82, 2.24) is 19.2 Å². The third-order valence-electron chi connectivity index (χ3n) is 3.56. The van der Waals surface area contributed by atoms with Gasteiger partial charge in [-0.05, 0) is 0 Å². The summed E-state index contributed by atoms with van der Waals surface area (Å²) in [4.78, 5) is 21.6. The summed E-state index contributed by atoms with van der Waals surface area (Å²) in [6.07, 6.45) is 5.52. The molecule has 2 heterocycles. The number of carbonyl (C=O) groups excluding carboxylic acids is 1. The lowest BCUT2D eigenvalue weighted by Gasteiger charge is -2.32. The number of ether oxygens (including phenoxy) is 1. The standard InChI is InChI=1S/C13H20N4O4S/c1-16(22(2,19)20)9-13(18)17-7-4-11(5-8-17)21-12-3-6-14-10-15-12/h3,6,10-11H,4-5,7-9H2,1-2H3. The second-order valence-corrected chi connectivity index (χ2v) is 7.35. The minimum atomic E-state index is -3.34. The summed E-state index contributed by atoms with van der Waals surface area (Å²) < 4.78 is 29.4. The highest BCUT2D eigenvalue weighted by Crippen LogP contribution is 2.16. The van der Waals surface area contributed by atoms with Crippen LogP contribution in [0.2, 0.25) is 0 Å². The van der Waals surface area contributed by atoms with Gasteiger partial charge >= 0.3 is 0 Å². The predicted octanol–water partition coefficient (Wildman–Crippen LogP) is -0.262. The largest absolute Gasteiger partial charge is 0.474 e. The molecule has 0 radical (unpaired) electrons. The normalized spacial score (nSPS) is 16.8. The molecule has 1 aromatic rings. The molecule has 1 aromatic heterocycles. The Kier molecular flexibility index (Phi) is 5.30. The van der Waals surface area contributed by atoms with Crippen molar-refractivity contribution in [2.75, 3.05) is 32.9 Å². The van der Waals surface area contributed by atoms with E-state index in [0.717, 1.165) is 10.6 Å². The maximum absolute atomic E-state index is 12.1. The fraction of sp³-hybridized carbons (Fsp3) is 0.615. The Labute approximate surface area is 130 Å². The molecule has 1 aliphatic heterocycles. The summed E-state index contributed by atoms with van der Waals surface area (Å²) in [6, 6.07) is 1.69. The van der Waals surface area contributed by atoms with E-state index >= 15 is 0 Å². The Hall–Kier alpha value is -1.74. The highest BCUT2D eigenvalue weighted by molar-refractivity contribution is 7.88. The molecular formula is C13H20N4O4S. The van der Waals surface area contributed by atoms with Crippen molar-refractivity contribution >= 4 is 15.9 Å². The monoisotopic (exact) mass is 328 g/mol. The number of rotatable bonds is 5. The zero-order valence-corrected chi connectivity index (χ0v) is 13.5. The van der Waals surface area contributed by atoms with Crippen LogP contribution in [0.25, 0.3) is 0 Å². The van der Waals surface area contributed by atoms with Crippen LogP contribution in [0.5, 0.6) is 5.88 Å². The van der Waals surface area contributed by atoms with Gasteiger partial charge in [0.2, 0.25) is 21.8 Å². The predicted molar refractivity (Wildman–Crippen MR) is 79.7 cm³/mol. The average molecular weight is 328 g/mol. The lowest BCUT2D eigenvalue weighted by Crippen LogP contribution is -2.46. The first-order valence-electron chi connectivity index (χ1n) is 6.98. The third kappa shape index (κ3) is 4.63. The molecule has 9 heteroatoms. The summed E-state index contributed by atoms with van der Waals surface area (Å²) in [5, 5.41) is 0. The van der Waals surface area contributed by atoms with Gasteiger partial charge in [-0.25, -0.2) is 18.4 Å². The molecule has 1 aliphatic rings. The summed E-state index contributed by atoms with van der Waals surface area (Å²) in [7, 11) is -1.94. The number of hydrogen-bond acceptors (Lipinski definition) is 6. The fourth-order valence-corrected chi connectivity index (χ4v) is 2.49. The Morgan fingerprint density at radius 2 is 2.14 bits per heavy atom. The second kappa shape index (κ2) is 7.01. The van der Waals surface area contributed by atoms with E-state index in [0.29, 0.717) is 31.8 Å². The maximum Gasteiger partial charge on any atom is 0.237 e. The third-order valence-corrected chi connectivity index (χ3v) is 4.82. The lowest BCUT2D eigenvalue weighted by atomic mass is 10.1. The minimum Gasteiger partial charge on any atom is -0.474 e. The second-order valence-electron chi connectivity index (χ2n) is 5.26. The molecule has 2 rings (SSSR count). The van der Waals surface area contributed by atoms with Crippen LogP contribution in [0.3, 0.4) is 0 Å². The number of carbonyl (C=O) groups is 1. The van der Waals surface area contributed by atoms with E-state index in [1.54, 1.807) is 17.2 Å². The summed E-state index contributed by atoms with van der Waals surface area (Å²) >= 11 is 0. The van der Waals surface area contributed by atoms with E-state index in [9.17, 15) is 13.2 Å². The van der Waals surface area contributed by atoms with E-state index < -0.39 is 10.0 Å². The molecule has 0 aromatic carbocycles. The number of likely N-dealkylation sites (tertiary alicyclic amines) is 1. The van der Waals surface area contributed by atoms with Crippen molar-refractivity contribution < 1.29 is 17.9 Å². The van der Waals surface area contributed by atoms with Gasteiger partial charge in [-0.15, -0.1) is 0 Å². The maximum atomic E-state index is 12.1. The van der Waals surface area contributed by atoms with Crippen LogP contribution in [0.1, 0.15) is 12.8 Å². The summed E-state index contributed by atoms with van der Waals surface area (Å²) in [5.74, 6) is 0.338. The molecule has 0 saturated carbocycles. The van der Waals surface area contributed by atoms with Crippen LogP contribution in [0.4, 0.5) is 0 Å². The van der Waals surface area contributed by atoms with Gasteiger partial charge in [-0.2, -0.15) is 4.31 Å². The molecule has 22 heavy (non-hydrogen) atoms. The number of likely N-dealkylation sites (N-methyl/N-ethyl adjacent to an activating group) is 1. The van der Waals surface area contributed by atoms with Crippen LogP contribution >= 0.6 is 0 Å². The minimum absolute atomic E-state index is 0.00610. The highest BCUT2D eigenvalue weighted by atomic mass is 32.2. The first kappa shape index (κ1) is 16.6. The molecule has 0 spiro atoms. The van der Waals surface area contributed by atoms with Crippen molar-refractivity contribution in [3.8, 4) is 5.88 Å². The van der Waals surface area contributed by atoms with E-state index in [-0.39, 0.29) is 18.6 Å². The quantitative estimate of drug-likeness (QED) is 0.739. The molecule has 0 aliphatic carbocycles. The number of hydrogen-bond donors (Lipinski definition) is 0. The fourth-order valence-electron chi connectivity index (χ4n) is 2.15. The Bertz CT molecular complexity index is 600. The van der Waals surface area contributed by atoms with Crippen molar-refractivity contribution in [2.45, 2.75) is 18.9 Å². The van der Waals surface area contributed by atoms with Crippen LogP contribution in [0, 0.1) is 0 Å². The molecule has 1 saturated heterocycles. The SMILES string of the molecule is CN(CC(=O)N1CCC(Oc2ccncn2)CC1)S(C)(=O)=O. The van der Waals surface area contributed by atoms with Crippen LogP contribution in [0.15, 0.2) is 18.6 Å². The summed E-state index contributed by atoms with van der Waals surface area (Å²) in [6.45, 7) is 0.967. The Morgan fingerprint density at radius 3 is 2.68 bits per heavy atom. The van der Waals surface area contributed by atoms with Crippen molar-refractivity contribution in [1.29, 1.82) is 0 Å². The molecule has 0 N–H and O–H groups in total. The smallest absolute Gasteiger partial charge is 0.237 e. The molecule has 0 atom stereocenters. The number of piperidine rings is 1. The van der Waals surface area contributed by atoms with Crippen LogP contribution in [-0.4, -0.2) is 72.5 Å². The average Bonchev–Trinajstić information content (AvgIpc) is 2.48.